The molecule has 19 heavy (non-hydrogen) atoms. The van der Waals surface area contributed by atoms with Gasteiger partial charge in [-0.2, -0.15) is 10.1 Å². The Bertz CT molecular complexity index is 605. The summed E-state index contributed by atoms with van der Waals surface area (Å²) in [5, 5.41) is 16.7. The van der Waals surface area contributed by atoms with Crippen molar-refractivity contribution in [2.45, 2.75) is 25.0 Å². The van der Waals surface area contributed by atoms with Crippen molar-refractivity contribution in [2.24, 2.45) is 7.05 Å². The third-order valence-electron chi connectivity index (χ3n) is 2.98. The molecule has 2 aromatic heterocycles. The lowest BCUT2D eigenvalue weighted by Gasteiger charge is -2.05. The maximum atomic E-state index is 10.8. The van der Waals surface area contributed by atoms with Crippen LogP contribution in [-0.2, 0) is 16.6 Å². The lowest BCUT2D eigenvalue weighted by molar-refractivity contribution is -0.150. The quantitative estimate of drug-likeness (QED) is 0.873. The van der Waals surface area contributed by atoms with Crippen LogP contribution < -0.4 is 0 Å². The van der Waals surface area contributed by atoms with Crippen molar-refractivity contribution in [1.29, 1.82) is 0 Å². The van der Waals surface area contributed by atoms with Gasteiger partial charge in [-0.25, -0.2) is 4.79 Å². The Morgan fingerprint density at radius 2 is 2.37 bits per heavy atom. The number of ether oxygens (including phenoxy) is 1. The highest BCUT2D eigenvalue weighted by molar-refractivity contribution is 5.72. The average molecular weight is 264 g/mol. The van der Waals surface area contributed by atoms with E-state index in [9.17, 15) is 4.79 Å². The summed E-state index contributed by atoms with van der Waals surface area (Å²) < 4.78 is 12.1. The zero-order valence-corrected chi connectivity index (χ0v) is 10.2. The molecule has 2 atom stereocenters. The number of aliphatic carboxylic acids is 1. The van der Waals surface area contributed by atoms with Gasteiger partial charge in [-0.15, -0.1) is 0 Å². The van der Waals surface area contributed by atoms with Crippen molar-refractivity contribution >= 4 is 5.97 Å². The molecule has 3 rings (SSSR count). The second-order valence-electron chi connectivity index (χ2n) is 4.39. The highest BCUT2D eigenvalue weighted by Gasteiger charge is 2.34. The predicted octanol–water partition coefficient (Wildman–Crippen LogP) is 0.775. The monoisotopic (exact) mass is 264 g/mol. The highest BCUT2D eigenvalue weighted by atomic mass is 16.5. The first-order valence-electron chi connectivity index (χ1n) is 5.84. The number of carboxylic acids is 1. The van der Waals surface area contributed by atoms with Gasteiger partial charge in [0.1, 0.15) is 6.10 Å². The Morgan fingerprint density at radius 3 is 3.00 bits per heavy atom. The zero-order chi connectivity index (χ0) is 13.4. The molecule has 2 unspecified atom stereocenters. The fourth-order valence-electron chi connectivity index (χ4n) is 2.02. The van der Waals surface area contributed by atoms with E-state index >= 15 is 0 Å². The van der Waals surface area contributed by atoms with Gasteiger partial charge >= 0.3 is 5.97 Å². The molecule has 0 bridgehead atoms. The number of aromatic nitrogens is 4. The Hall–Kier alpha value is -2.22. The van der Waals surface area contributed by atoms with Crippen molar-refractivity contribution in [3.8, 4) is 11.4 Å². The Kier molecular flexibility index (Phi) is 2.79. The number of hydrogen-bond acceptors (Lipinski definition) is 6. The van der Waals surface area contributed by atoms with Gasteiger partial charge < -0.3 is 14.4 Å². The minimum absolute atomic E-state index is 0.308. The van der Waals surface area contributed by atoms with Crippen LogP contribution in [0.3, 0.4) is 0 Å². The number of rotatable bonds is 3. The number of carboxylic acid groups (broad SMARTS) is 1. The number of nitrogens with zero attached hydrogens (tertiary/aromatic N) is 4. The third-order valence-corrected chi connectivity index (χ3v) is 2.98. The van der Waals surface area contributed by atoms with Crippen molar-refractivity contribution in [2.75, 3.05) is 0 Å². The highest BCUT2D eigenvalue weighted by Crippen LogP contribution is 2.32. The molecule has 100 valence electrons. The summed E-state index contributed by atoms with van der Waals surface area (Å²) in [6.07, 6.45) is 3.17. The summed E-state index contributed by atoms with van der Waals surface area (Å²) >= 11 is 0. The molecule has 0 amide bonds. The summed E-state index contributed by atoms with van der Waals surface area (Å²) in [6.45, 7) is 0. The molecule has 1 N–H and O–H groups in total. The maximum Gasteiger partial charge on any atom is 0.332 e. The largest absolute Gasteiger partial charge is 0.479 e. The second kappa shape index (κ2) is 4.47. The molecule has 0 spiro atoms. The van der Waals surface area contributed by atoms with Gasteiger partial charge in [0.25, 0.3) is 5.89 Å². The molecule has 0 saturated carbocycles. The first-order valence-corrected chi connectivity index (χ1v) is 5.84. The lowest BCUT2D eigenvalue weighted by atomic mass is 10.2. The number of carbonyl (C=O) groups is 1. The predicted molar refractivity (Wildman–Crippen MR) is 61.0 cm³/mol. The molecule has 1 aliphatic rings. The van der Waals surface area contributed by atoms with Gasteiger partial charge in [-0.3, -0.25) is 4.68 Å². The molecule has 0 aliphatic carbocycles. The van der Waals surface area contributed by atoms with E-state index in [4.69, 9.17) is 14.4 Å². The van der Waals surface area contributed by atoms with E-state index in [1.54, 1.807) is 24.1 Å². The van der Waals surface area contributed by atoms with Crippen LogP contribution in [-0.4, -0.2) is 37.1 Å². The normalized spacial score (nSPS) is 22.8. The molecule has 8 nitrogen and oxygen atoms in total. The van der Waals surface area contributed by atoms with E-state index in [1.165, 1.54) is 0 Å². The van der Waals surface area contributed by atoms with Crippen LogP contribution in [0, 0.1) is 0 Å². The summed E-state index contributed by atoms with van der Waals surface area (Å²) in [6, 6.07) is 0. The molecule has 3 heterocycles. The third kappa shape index (κ3) is 2.22. The van der Waals surface area contributed by atoms with E-state index in [0.717, 1.165) is 5.56 Å². The van der Waals surface area contributed by atoms with Crippen LogP contribution in [0.5, 0.6) is 0 Å². The fraction of sp³-hybridized carbons (Fsp3) is 0.455. The molecule has 0 radical (unpaired) electrons. The van der Waals surface area contributed by atoms with Crippen molar-refractivity contribution in [1.82, 2.24) is 19.9 Å². The van der Waals surface area contributed by atoms with Gasteiger partial charge in [0.15, 0.2) is 6.10 Å². The lowest BCUT2D eigenvalue weighted by Crippen LogP contribution is -2.18. The molecule has 2 aromatic rings. The van der Waals surface area contributed by atoms with Gasteiger partial charge in [0.05, 0.1) is 11.8 Å². The SMILES string of the molecule is Cn1cc(-c2noc(C3CCC(C(=O)O)O3)n2)cn1. The fourth-order valence-corrected chi connectivity index (χ4v) is 2.02. The summed E-state index contributed by atoms with van der Waals surface area (Å²) in [4.78, 5) is 15.0. The molecule has 1 fully saturated rings. The zero-order valence-electron chi connectivity index (χ0n) is 10.2. The topological polar surface area (TPSA) is 103 Å². The Morgan fingerprint density at radius 1 is 1.53 bits per heavy atom. The number of hydrogen-bond donors (Lipinski definition) is 1. The van der Waals surface area contributed by atoms with Crippen molar-refractivity contribution in [3.05, 3.63) is 18.3 Å². The maximum absolute atomic E-state index is 10.8. The van der Waals surface area contributed by atoms with Gasteiger partial charge in [0, 0.05) is 13.2 Å². The summed E-state index contributed by atoms with van der Waals surface area (Å²) in [7, 11) is 1.79. The summed E-state index contributed by atoms with van der Waals surface area (Å²) in [5.74, 6) is -0.234. The van der Waals surface area contributed by atoms with E-state index in [0.29, 0.717) is 24.6 Å². The summed E-state index contributed by atoms with van der Waals surface area (Å²) in [5.41, 5.74) is 0.741. The van der Waals surface area contributed by atoms with Crippen LogP contribution in [0.2, 0.25) is 0 Å². The smallest absolute Gasteiger partial charge is 0.332 e. The van der Waals surface area contributed by atoms with E-state index in [-0.39, 0.29) is 0 Å². The Labute approximate surface area is 108 Å². The minimum Gasteiger partial charge on any atom is -0.479 e. The Balaban J connectivity index is 1.77. The standard InChI is InChI=1S/C11H12N4O4/c1-15-5-6(4-12-15)9-13-10(19-14-9)7-2-3-8(18-7)11(16)17/h4-5,7-8H,2-3H2,1H3,(H,16,17). The van der Waals surface area contributed by atoms with Crippen LogP contribution in [0.4, 0.5) is 0 Å². The molecule has 1 aliphatic heterocycles. The first-order chi connectivity index (χ1) is 9.13. The molecule has 1 saturated heterocycles. The molecular weight excluding hydrogens is 252 g/mol. The van der Waals surface area contributed by atoms with E-state index in [2.05, 4.69) is 15.2 Å². The molecule has 8 heteroatoms. The van der Waals surface area contributed by atoms with Crippen molar-refractivity contribution in [3.63, 3.8) is 0 Å². The van der Waals surface area contributed by atoms with E-state index < -0.39 is 18.2 Å². The van der Waals surface area contributed by atoms with E-state index in [1.807, 2.05) is 0 Å². The van der Waals surface area contributed by atoms with Crippen LogP contribution >= 0.6 is 0 Å². The van der Waals surface area contributed by atoms with Crippen molar-refractivity contribution < 1.29 is 19.2 Å². The van der Waals surface area contributed by atoms with Gasteiger partial charge in [-0.1, -0.05) is 5.16 Å². The van der Waals surface area contributed by atoms with Crippen LogP contribution in [0.1, 0.15) is 24.8 Å². The van der Waals surface area contributed by atoms with Gasteiger partial charge in [-0.05, 0) is 12.8 Å². The number of aryl methyl sites for hydroxylation is 1. The second-order valence-corrected chi connectivity index (χ2v) is 4.39. The molecular formula is C11H12N4O4. The van der Waals surface area contributed by atoms with Gasteiger partial charge in [0.2, 0.25) is 5.82 Å². The molecule has 0 aromatic carbocycles. The average Bonchev–Trinajstić information content (AvgIpc) is 3.07. The minimum atomic E-state index is -0.963. The van der Waals surface area contributed by atoms with Crippen LogP contribution in [0.15, 0.2) is 16.9 Å². The first kappa shape index (κ1) is 11.8. The van der Waals surface area contributed by atoms with Crippen LogP contribution in [0.25, 0.3) is 11.4 Å².